The largest absolute Gasteiger partial charge is 0.351 e. The van der Waals surface area contributed by atoms with Crippen LogP contribution >= 0.6 is 0 Å². The number of hydrogen-bond acceptors (Lipinski definition) is 4. The number of carbonyl (C=O) groups is 3. The third-order valence-electron chi connectivity index (χ3n) is 9.26. The lowest BCUT2D eigenvalue weighted by molar-refractivity contribution is -0.161. The number of rotatable bonds is 7. The average Bonchev–Trinajstić information content (AvgIpc) is 3.22. The van der Waals surface area contributed by atoms with E-state index < -0.39 is 0 Å². The molecule has 4 aliphatic carbocycles. The SMILES string of the molecule is CC(=O)NC12CC(CNC(=O)c3ccc4n3CCN(Cc3ccc(C(=O)N(C)C)cc3)C43CCC3)(C1)C2. The Morgan fingerprint density at radius 3 is 2.27 bits per heavy atom. The van der Waals surface area contributed by atoms with Gasteiger partial charge in [-0.15, -0.1) is 0 Å². The van der Waals surface area contributed by atoms with Gasteiger partial charge in [-0.25, -0.2) is 0 Å². The summed E-state index contributed by atoms with van der Waals surface area (Å²) < 4.78 is 2.24. The molecule has 196 valence electrons. The quantitative estimate of drug-likeness (QED) is 0.609. The van der Waals surface area contributed by atoms with Crippen molar-refractivity contribution in [1.82, 2.24) is 25.0 Å². The zero-order chi connectivity index (χ0) is 26.0. The van der Waals surface area contributed by atoms with Crippen LogP contribution in [0.3, 0.4) is 0 Å². The first-order valence-corrected chi connectivity index (χ1v) is 13.5. The number of amides is 3. The number of nitrogens with one attached hydrogen (secondary N) is 2. The third kappa shape index (κ3) is 3.88. The van der Waals surface area contributed by atoms with Gasteiger partial charge in [-0.3, -0.25) is 19.3 Å². The highest BCUT2D eigenvalue weighted by atomic mass is 16.2. The Bertz CT molecular complexity index is 1240. The van der Waals surface area contributed by atoms with Crippen molar-refractivity contribution in [2.75, 3.05) is 27.2 Å². The first-order valence-electron chi connectivity index (χ1n) is 13.5. The number of benzene rings is 1. The number of aromatic nitrogens is 1. The van der Waals surface area contributed by atoms with Gasteiger partial charge in [0, 0.05) is 64.0 Å². The lowest BCUT2D eigenvalue weighted by atomic mass is 9.39. The second-order valence-corrected chi connectivity index (χ2v) is 12.1. The average molecular weight is 504 g/mol. The zero-order valence-electron chi connectivity index (χ0n) is 22.1. The molecule has 0 saturated heterocycles. The molecule has 1 aliphatic heterocycles. The number of carbonyl (C=O) groups excluding carboxylic acids is 3. The summed E-state index contributed by atoms with van der Waals surface area (Å²) in [5.41, 5.74) is 4.06. The van der Waals surface area contributed by atoms with Gasteiger partial charge in [-0.05, 0) is 73.8 Å². The van der Waals surface area contributed by atoms with E-state index in [1.165, 1.54) is 17.7 Å². The van der Waals surface area contributed by atoms with E-state index in [1.54, 1.807) is 25.9 Å². The van der Waals surface area contributed by atoms with Crippen LogP contribution in [0.5, 0.6) is 0 Å². The van der Waals surface area contributed by atoms with Crippen molar-refractivity contribution in [3.63, 3.8) is 0 Å². The van der Waals surface area contributed by atoms with Crippen molar-refractivity contribution >= 4 is 17.7 Å². The lowest BCUT2D eigenvalue weighted by Crippen LogP contribution is -2.76. The summed E-state index contributed by atoms with van der Waals surface area (Å²) >= 11 is 0. The van der Waals surface area contributed by atoms with Crippen LogP contribution in [0, 0.1) is 5.41 Å². The standard InChI is InChI=1S/C29H37N5O3/c1-20(35)31-28-16-27(17-28,18-28)19-30-25(36)23-9-10-24-29(11-4-12-29)33(13-14-34(23)24)15-21-5-7-22(8-6-21)26(37)32(2)3/h5-10H,4,11-19H2,1-3H3,(H,30,36)(H,31,35). The zero-order valence-corrected chi connectivity index (χ0v) is 22.1. The van der Waals surface area contributed by atoms with Gasteiger partial charge in [0.15, 0.2) is 0 Å². The van der Waals surface area contributed by atoms with Gasteiger partial charge < -0.3 is 20.1 Å². The second-order valence-electron chi connectivity index (χ2n) is 12.1. The molecule has 2 bridgehead atoms. The molecular weight excluding hydrogens is 466 g/mol. The summed E-state index contributed by atoms with van der Waals surface area (Å²) in [5.74, 6) is 0.0612. The molecule has 8 nitrogen and oxygen atoms in total. The van der Waals surface area contributed by atoms with Crippen LogP contribution in [-0.2, 0) is 23.4 Å². The molecule has 0 atom stereocenters. The molecule has 1 aromatic carbocycles. The van der Waals surface area contributed by atoms with E-state index in [9.17, 15) is 14.4 Å². The van der Waals surface area contributed by atoms with Crippen LogP contribution in [0.25, 0.3) is 0 Å². The van der Waals surface area contributed by atoms with E-state index in [2.05, 4.69) is 38.3 Å². The first-order chi connectivity index (χ1) is 17.6. The molecule has 7 rings (SSSR count). The van der Waals surface area contributed by atoms with E-state index in [0.29, 0.717) is 12.1 Å². The molecule has 2 heterocycles. The number of fused-ring (bicyclic) bond motifs is 2. The van der Waals surface area contributed by atoms with Crippen molar-refractivity contribution < 1.29 is 14.4 Å². The lowest BCUT2D eigenvalue weighted by Gasteiger charge is -2.70. The van der Waals surface area contributed by atoms with Gasteiger partial charge in [-0.1, -0.05) is 12.1 Å². The smallest absolute Gasteiger partial charge is 0.267 e. The van der Waals surface area contributed by atoms with Crippen LogP contribution in [-0.4, -0.2) is 64.8 Å². The second kappa shape index (κ2) is 8.45. The van der Waals surface area contributed by atoms with Gasteiger partial charge >= 0.3 is 0 Å². The highest BCUT2D eigenvalue weighted by Crippen LogP contribution is 2.66. The van der Waals surface area contributed by atoms with Crippen LogP contribution < -0.4 is 10.6 Å². The van der Waals surface area contributed by atoms with Crippen molar-refractivity contribution in [3.8, 4) is 0 Å². The Balaban J connectivity index is 1.12. The Morgan fingerprint density at radius 2 is 1.68 bits per heavy atom. The van der Waals surface area contributed by atoms with Gasteiger partial charge in [0.25, 0.3) is 11.8 Å². The fraction of sp³-hybridized carbons (Fsp3) is 0.552. The predicted octanol–water partition coefficient (Wildman–Crippen LogP) is 2.87. The molecular formula is C29H37N5O3. The van der Waals surface area contributed by atoms with Crippen molar-refractivity contribution in [2.24, 2.45) is 5.41 Å². The maximum atomic E-state index is 13.2. The topological polar surface area (TPSA) is 86.7 Å². The molecule has 37 heavy (non-hydrogen) atoms. The van der Waals surface area contributed by atoms with Gasteiger partial charge in [0.05, 0.1) is 5.54 Å². The van der Waals surface area contributed by atoms with Crippen LogP contribution in [0.1, 0.15) is 77.6 Å². The van der Waals surface area contributed by atoms with Gasteiger partial charge in [0.1, 0.15) is 5.69 Å². The first kappa shape index (κ1) is 24.2. The van der Waals surface area contributed by atoms with E-state index in [0.717, 1.165) is 57.4 Å². The summed E-state index contributed by atoms with van der Waals surface area (Å²) in [6.07, 6.45) is 6.29. The van der Waals surface area contributed by atoms with E-state index in [-0.39, 0.29) is 34.2 Å². The summed E-state index contributed by atoms with van der Waals surface area (Å²) in [7, 11) is 3.54. The molecule has 1 aromatic heterocycles. The van der Waals surface area contributed by atoms with E-state index >= 15 is 0 Å². The third-order valence-corrected chi connectivity index (χ3v) is 9.26. The van der Waals surface area contributed by atoms with Gasteiger partial charge in [0.2, 0.25) is 5.91 Å². The van der Waals surface area contributed by atoms with Crippen LogP contribution in [0.4, 0.5) is 0 Å². The monoisotopic (exact) mass is 503 g/mol. The Kier molecular flexibility index (Phi) is 5.53. The summed E-state index contributed by atoms with van der Waals surface area (Å²) in [6, 6.07) is 12.1. The van der Waals surface area contributed by atoms with Crippen molar-refractivity contribution in [2.45, 2.75) is 69.6 Å². The molecule has 3 amide bonds. The van der Waals surface area contributed by atoms with E-state index in [4.69, 9.17) is 0 Å². The fourth-order valence-corrected chi connectivity index (χ4v) is 7.51. The molecule has 2 aromatic rings. The summed E-state index contributed by atoms with van der Waals surface area (Å²) in [6.45, 7) is 4.77. The Morgan fingerprint density at radius 1 is 0.973 bits per heavy atom. The minimum absolute atomic E-state index is 0.00690. The molecule has 0 unspecified atom stereocenters. The number of hydrogen-bond donors (Lipinski definition) is 2. The van der Waals surface area contributed by atoms with Gasteiger partial charge in [-0.2, -0.15) is 0 Å². The summed E-state index contributed by atoms with van der Waals surface area (Å²) in [5, 5.41) is 6.29. The maximum Gasteiger partial charge on any atom is 0.267 e. The Labute approximate surface area is 218 Å². The molecule has 8 heteroatoms. The highest BCUT2D eigenvalue weighted by Gasteiger charge is 2.68. The minimum Gasteiger partial charge on any atom is -0.351 e. The van der Waals surface area contributed by atoms with Crippen LogP contribution in [0.15, 0.2) is 36.4 Å². The Hall–Kier alpha value is -3.13. The molecule has 4 fully saturated rings. The van der Waals surface area contributed by atoms with E-state index in [1.807, 2.05) is 18.2 Å². The predicted molar refractivity (Wildman–Crippen MR) is 140 cm³/mol. The molecule has 1 spiro atoms. The van der Waals surface area contributed by atoms with Crippen molar-refractivity contribution in [1.29, 1.82) is 0 Å². The molecule has 2 N–H and O–H groups in total. The molecule has 5 aliphatic rings. The summed E-state index contributed by atoms with van der Waals surface area (Å²) in [4.78, 5) is 41.0. The fourth-order valence-electron chi connectivity index (χ4n) is 7.51. The normalized spacial score (nSPS) is 26.8. The number of nitrogens with zero attached hydrogens (tertiary/aromatic N) is 3. The van der Waals surface area contributed by atoms with Crippen molar-refractivity contribution in [3.05, 3.63) is 58.9 Å². The van der Waals surface area contributed by atoms with Crippen LogP contribution in [0.2, 0.25) is 0 Å². The molecule has 0 radical (unpaired) electrons. The highest BCUT2D eigenvalue weighted by molar-refractivity contribution is 5.94. The molecule has 4 saturated carbocycles. The minimum atomic E-state index is -0.0203. The maximum absolute atomic E-state index is 13.2.